The molecule has 1 fully saturated rings. The first-order valence-electron chi connectivity index (χ1n) is 20.3. The molecule has 4 aromatic rings. The summed E-state index contributed by atoms with van der Waals surface area (Å²) in [7, 11) is 0. The van der Waals surface area contributed by atoms with E-state index in [2.05, 4.69) is 20.0 Å². The Morgan fingerprint density at radius 1 is 0.938 bits per heavy atom. The summed E-state index contributed by atoms with van der Waals surface area (Å²) in [4.78, 5) is 71.7. The summed E-state index contributed by atoms with van der Waals surface area (Å²) in [6.07, 6.45) is -3.51. The number of carbonyl (C=O) groups excluding carboxylic acids is 4. The second-order valence-electron chi connectivity index (χ2n) is 15.4. The van der Waals surface area contributed by atoms with Crippen LogP contribution in [-0.2, 0) is 30.2 Å². The molecule has 0 saturated carbocycles. The minimum Gasteiger partial charge on any atom is -0.499 e. The molecule has 7 atom stereocenters. The molecule has 0 spiro atoms. The first-order chi connectivity index (χ1) is 31.0. The molecule has 7 N–H and O–H groups in total. The van der Waals surface area contributed by atoms with Gasteiger partial charge in [0.2, 0.25) is 12.2 Å². The molecule has 19 heteroatoms. The van der Waals surface area contributed by atoms with Gasteiger partial charge in [-0.15, -0.1) is 0 Å². The number of hydrogen-bond acceptors (Lipinski definition) is 18. The van der Waals surface area contributed by atoms with Crippen LogP contribution in [-0.4, -0.2) is 125 Å². The van der Waals surface area contributed by atoms with Crippen molar-refractivity contribution in [3.8, 4) is 11.5 Å². The molecule has 328 valence electrons. The van der Waals surface area contributed by atoms with Crippen molar-refractivity contribution in [1.29, 1.82) is 0 Å². The van der Waals surface area contributed by atoms with Crippen LogP contribution in [0.5, 0.6) is 11.5 Å². The molecule has 9 rings (SSSR count). The van der Waals surface area contributed by atoms with Crippen molar-refractivity contribution in [1.82, 2.24) is 4.98 Å². The maximum absolute atomic E-state index is 14.6. The summed E-state index contributed by atoms with van der Waals surface area (Å²) in [6.45, 7) is -0.842. The maximum Gasteiger partial charge on any atom is 0.302 e. The fourth-order valence-electron chi connectivity index (χ4n) is 8.29. The highest BCUT2D eigenvalue weighted by molar-refractivity contribution is 6.72. The van der Waals surface area contributed by atoms with Crippen LogP contribution >= 0.6 is 0 Å². The number of pyridine rings is 1. The van der Waals surface area contributed by atoms with Gasteiger partial charge in [-0.25, -0.2) is 4.98 Å². The highest BCUT2D eigenvalue weighted by atomic mass is 16.7. The molecule has 2 bridgehead atoms. The van der Waals surface area contributed by atoms with Crippen LogP contribution in [0, 0.1) is 0 Å². The molecular formula is C45H41N7O12. The normalized spacial score (nSPS) is 24.0. The van der Waals surface area contributed by atoms with Crippen LogP contribution < -0.4 is 25.8 Å². The van der Waals surface area contributed by atoms with Crippen molar-refractivity contribution < 1.29 is 58.2 Å². The average Bonchev–Trinajstić information content (AvgIpc) is 3.70. The van der Waals surface area contributed by atoms with Gasteiger partial charge in [-0.05, 0) is 47.9 Å². The van der Waals surface area contributed by atoms with Crippen molar-refractivity contribution in [2.24, 2.45) is 20.7 Å². The van der Waals surface area contributed by atoms with E-state index in [0.717, 1.165) is 5.56 Å². The number of allylic oxidation sites excluding steroid dienone is 1. The first kappa shape index (κ1) is 42.2. The number of guanidine groups is 1. The predicted molar refractivity (Wildman–Crippen MR) is 228 cm³/mol. The van der Waals surface area contributed by atoms with Crippen LogP contribution in [0.15, 0.2) is 100 Å². The fraction of sp³-hybridized carbons (Fsp3) is 0.289. The van der Waals surface area contributed by atoms with Gasteiger partial charge in [-0.1, -0.05) is 42.5 Å². The maximum atomic E-state index is 14.6. The van der Waals surface area contributed by atoms with Gasteiger partial charge in [0, 0.05) is 46.5 Å². The van der Waals surface area contributed by atoms with Gasteiger partial charge in [-0.2, -0.15) is 9.98 Å². The molecule has 4 aliphatic heterocycles. The summed E-state index contributed by atoms with van der Waals surface area (Å²) < 4.78 is 31.7. The number of ether oxygens (including phenoxy) is 5. The van der Waals surface area contributed by atoms with E-state index < -0.39 is 66.8 Å². The van der Waals surface area contributed by atoms with E-state index in [0.29, 0.717) is 29.8 Å². The van der Waals surface area contributed by atoms with E-state index in [4.69, 9.17) is 35.2 Å². The van der Waals surface area contributed by atoms with Gasteiger partial charge in [0.15, 0.2) is 34.6 Å². The van der Waals surface area contributed by atoms with Crippen LogP contribution in [0.25, 0.3) is 0 Å². The number of fused-ring (bicyclic) bond motifs is 6. The molecule has 0 radical (unpaired) electrons. The number of aliphatic imine (C=N–C) groups is 3. The Morgan fingerprint density at radius 2 is 1.72 bits per heavy atom. The van der Waals surface area contributed by atoms with Crippen LogP contribution in [0.3, 0.4) is 0 Å². The Morgan fingerprint density at radius 3 is 2.52 bits per heavy atom. The predicted octanol–water partition coefficient (Wildman–Crippen LogP) is 1.37. The number of anilines is 2. The quantitative estimate of drug-likeness (QED) is 0.117. The lowest BCUT2D eigenvalue weighted by Gasteiger charge is -2.42. The molecule has 64 heavy (non-hydrogen) atoms. The van der Waals surface area contributed by atoms with Gasteiger partial charge in [0.25, 0.3) is 0 Å². The zero-order valence-electron chi connectivity index (χ0n) is 33.9. The third-order valence-corrected chi connectivity index (χ3v) is 11.4. The largest absolute Gasteiger partial charge is 0.499 e. The number of ketones is 2. The van der Waals surface area contributed by atoms with Crippen molar-refractivity contribution in [2.45, 2.75) is 55.6 Å². The van der Waals surface area contributed by atoms with E-state index in [-0.39, 0.29) is 83.1 Å². The number of aliphatic hydroxyl groups is 3. The Balaban J connectivity index is 1.24. The SMILES string of the molecule is NC1=NC(=O)C2=NCN(c3ccccc3C3C=COCC4OC(Oc5c3cc3c(c5OCC(O)CC=O)C(=O)c5ccccc5C3=O)C(OCCc3ccnc(N)c3)C(O)C4O)C2=N1. The summed E-state index contributed by atoms with van der Waals surface area (Å²) >= 11 is 0. The lowest BCUT2D eigenvalue weighted by Crippen LogP contribution is -2.61. The minimum atomic E-state index is -1.61. The van der Waals surface area contributed by atoms with E-state index in [1.807, 2.05) is 0 Å². The molecule has 19 nitrogen and oxygen atoms in total. The van der Waals surface area contributed by atoms with E-state index >= 15 is 0 Å². The summed E-state index contributed by atoms with van der Waals surface area (Å²) in [5.74, 6) is -2.95. The van der Waals surface area contributed by atoms with E-state index in [9.17, 15) is 34.5 Å². The van der Waals surface area contributed by atoms with E-state index in [1.165, 1.54) is 24.5 Å². The molecular weight excluding hydrogens is 831 g/mol. The summed E-state index contributed by atoms with van der Waals surface area (Å²) in [5.41, 5.74) is 13.8. The summed E-state index contributed by atoms with van der Waals surface area (Å²) in [6, 6.07) is 18.3. The third-order valence-electron chi connectivity index (χ3n) is 11.4. The number of hydrogen-bond donors (Lipinski definition) is 5. The lowest BCUT2D eigenvalue weighted by molar-refractivity contribution is -0.287. The minimum absolute atomic E-state index is 0.00967. The standard InChI is InChI=1S/C45H41N7O12/c46-32-17-22(9-13-48-32)11-16-61-41-38(58)37(57)31-20-60-15-12-24(25-5-3-4-8-30(25)52-21-49-34-42(52)50-45(47)51-43(34)59)28-18-29-33(36(56)27-7-2-1-6-26(27)35(29)55)40(39(28)64-44(41)63-31)62-19-23(54)10-14-53/h1-9,12-15,17-18,23-24,31,37-38,41,44,54,57-58H,10-11,16,19-21H2,(H2,46,48)(H2,47,51,59). The zero-order chi connectivity index (χ0) is 44.6. The second-order valence-corrected chi connectivity index (χ2v) is 15.4. The van der Waals surface area contributed by atoms with Gasteiger partial charge < -0.3 is 60.2 Å². The Bertz CT molecular complexity index is 2680. The monoisotopic (exact) mass is 871 g/mol. The number of aldehydes is 1. The molecule has 5 aliphatic rings. The topological polar surface area (TPSA) is 280 Å². The number of aliphatic hydroxyl groups excluding tert-OH is 3. The lowest BCUT2D eigenvalue weighted by atomic mass is 9.79. The van der Waals surface area contributed by atoms with Crippen LogP contribution in [0.2, 0.25) is 0 Å². The zero-order valence-corrected chi connectivity index (χ0v) is 33.9. The number of nitrogens with two attached hydrogens (primary N) is 2. The molecule has 1 aliphatic carbocycles. The number of amidine groups is 1. The number of aromatic nitrogens is 1. The van der Waals surface area contributed by atoms with Crippen molar-refractivity contribution in [3.63, 3.8) is 0 Å². The van der Waals surface area contributed by atoms with Crippen molar-refractivity contribution in [3.05, 3.63) is 124 Å². The Hall–Kier alpha value is -7.16. The van der Waals surface area contributed by atoms with Gasteiger partial charge in [0.05, 0.1) is 24.5 Å². The Labute approximate surface area is 364 Å². The van der Waals surface area contributed by atoms with E-state index in [1.54, 1.807) is 65.7 Å². The second kappa shape index (κ2) is 17.5. The van der Waals surface area contributed by atoms with Gasteiger partial charge in [0.1, 0.15) is 56.4 Å². The van der Waals surface area contributed by atoms with Crippen molar-refractivity contribution >= 4 is 52.8 Å². The first-order valence-corrected chi connectivity index (χ1v) is 20.3. The van der Waals surface area contributed by atoms with Crippen LogP contribution in [0.4, 0.5) is 11.5 Å². The average molecular weight is 872 g/mol. The molecule has 1 amide bonds. The number of carbonyl (C=O) groups is 4. The molecule has 1 saturated heterocycles. The van der Waals surface area contributed by atoms with Crippen LogP contribution in [0.1, 0.15) is 60.9 Å². The summed E-state index contributed by atoms with van der Waals surface area (Å²) in [5, 5.41) is 33.9. The Kier molecular flexibility index (Phi) is 11.6. The molecule has 7 unspecified atom stereocenters. The number of benzene rings is 3. The number of amides is 1. The molecule has 3 aromatic carbocycles. The highest BCUT2D eigenvalue weighted by Gasteiger charge is 2.49. The molecule has 1 aromatic heterocycles. The number of nitrogens with zero attached hydrogens (tertiary/aromatic N) is 5. The molecule has 5 heterocycles. The highest BCUT2D eigenvalue weighted by Crippen LogP contribution is 2.49. The third kappa shape index (κ3) is 7.79. The number of nitrogen functional groups attached to an aromatic ring is 1. The van der Waals surface area contributed by atoms with Crippen molar-refractivity contribution in [2.75, 3.05) is 37.1 Å². The number of para-hydroxylation sites is 1. The van der Waals surface area contributed by atoms with Gasteiger partial charge in [-0.3, -0.25) is 19.4 Å². The number of rotatable bonds is 11. The fourth-order valence-corrected chi connectivity index (χ4v) is 8.29. The smallest absolute Gasteiger partial charge is 0.302 e. The van der Waals surface area contributed by atoms with Gasteiger partial charge >= 0.3 is 5.91 Å².